The molecule has 0 bridgehead atoms. The van der Waals surface area contributed by atoms with Gasteiger partial charge in [0, 0.05) is 18.8 Å². The van der Waals surface area contributed by atoms with E-state index in [1.54, 1.807) is 12.1 Å². The van der Waals surface area contributed by atoms with Crippen molar-refractivity contribution in [1.29, 1.82) is 0 Å². The number of carbonyl (C=O) groups excluding carboxylic acids is 3. The van der Waals surface area contributed by atoms with E-state index in [-0.39, 0.29) is 24.9 Å². The number of hydrogen-bond donors (Lipinski definition) is 3. The highest BCUT2D eigenvalue weighted by atomic mass is 19.1. The van der Waals surface area contributed by atoms with Gasteiger partial charge in [0.15, 0.2) is 0 Å². The number of piperazine rings is 1. The van der Waals surface area contributed by atoms with E-state index in [0.29, 0.717) is 24.3 Å². The first kappa shape index (κ1) is 21.0. The van der Waals surface area contributed by atoms with Crippen LogP contribution in [0.1, 0.15) is 11.1 Å². The molecular formula is C22H24FN5O3. The van der Waals surface area contributed by atoms with E-state index < -0.39 is 24.1 Å². The van der Waals surface area contributed by atoms with Crippen molar-refractivity contribution in [3.63, 3.8) is 0 Å². The van der Waals surface area contributed by atoms with Gasteiger partial charge < -0.3 is 10.6 Å². The van der Waals surface area contributed by atoms with E-state index in [1.165, 1.54) is 29.2 Å². The fraction of sp³-hybridized carbons (Fsp3) is 0.318. The standard InChI is InChI=1S/C22H24FN5O3/c1-14-2-8-17(9-3-14)26-18(29)13-27-20-19(24-10-11-25-20)21(30)28(22(27)31)12-15-4-6-16(23)7-5-15/h2-9,19-20,24-25H,10-13H2,1H3,(H,26,29). The maximum absolute atomic E-state index is 13.2. The molecule has 2 aliphatic heterocycles. The predicted molar refractivity (Wildman–Crippen MR) is 112 cm³/mol. The number of nitrogens with one attached hydrogen (secondary N) is 3. The molecule has 8 nitrogen and oxygen atoms in total. The Bertz CT molecular complexity index is 980. The van der Waals surface area contributed by atoms with E-state index >= 15 is 0 Å². The predicted octanol–water partition coefficient (Wildman–Crippen LogP) is 1.42. The summed E-state index contributed by atoms with van der Waals surface area (Å²) in [4.78, 5) is 41.3. The monoisotopic (exact) mass is 425 g/mol. The molecule has 2 aromatic rings. The van der Waals surface area contributed by atoms with Gasteiger partial charge in [0.25, 0.3) is 5.91 Å². The number of imide groups is 1. The molecule has 0 aromatic heterocycles. The van der Waals surface area contributed by atoms with Crippen LogP contribution in [-0.4, -0.2) is 59.5 Å². The summed E-state index contributed by atoms with van der Waals surface area (Å²) in [6.07, 6.45) is -0.623. The van der Waals surface area contributed by atoms with Crippen LogP contribution in [0.2, 0.25) is 0 Å². The number of halogens is 1. The molecule has 3 N–H and O–H groups in total. The lowest BCUT2D eigenvalue weighted by atomic mass is 10.1. The second kappa shape index (κ2) is 8.83. The van der Waals surface area contributed by atoms with Crippen LogP contribution in [0.15, 0.2) is 48.5 Å². The maximum Gasteiger partial charge on any atom is 0.328 e. The number of carbonyl (C=O) groups is 3. The van der Waals surface area contributed by atoms with Crippen LogP contribution >= 0.6 is 0 Å². The average molecular weight is 425 g/mol. The smallest absolute Gasteiger partial charge is 0.325 e. The Morgan fingerprint density at radius 1 is 1.06 bits per heavy atom. The Morgan fingerprint density at radius 2 is 1.74 bits per heavy atom. The summed E-state index contributed by atoms with van der Waals surface area (Å²) in [5.41, 5.74) is 2.32. The Labute approximate surface area is 179 Å². The molecule has 2 saturated heterocycles. The first-order chi connectivity index (χ1) is 14.9. The first-order valence-corrected chi connectivity index (χ1v) is 10.1. The Balaban J connectivity index is 1.53. The van der Waals surface area contributed by atoms with E-state index in [0.717, 1.165) is 10.5 Å². The fourth-order valence-corrected chi connectivity index (χ4v) is 3.80. The van der Waals surface area contributed by atoms with E-state index in [2.05, 4.69) is 16.0 Å². The van der Waals surface area contributed by atoms with Crippen LogP contribution in [0.5, 0.6) is 0 Å². The SMILES string of the molecule is Cc1ccc(NC(=O)CN2C(=O)N(Cc3ccc(F)cc3)C(=O)C3NCCNC32)cc1. The third-order valence-corrected chi connectivity index (χ3v) is 5.41. The van der Waals surface area contributed by atoms with Crippen molar-refractivity contribution in [2.24, 2.45) is 0 Å². The summed E-state index contributed by atoms with van der Waals surface area (Å²) >= 11 is 0. The molecule has 0 saturated carbocycles. The molecular weight excluding hydrogens is 401 g/mol. The number of rotatable bonds is 5. The average Bonchev–Trinajstić information content (AvgIpc) is 2.77. The topological polar surface area (TPSA) is 93.8 Å². The minimum absolute atomic E-state index is 0.00106. The maximum atomic E-state index is 13.2. The first-order valence-electron chi connectivity index (χ1n) is 10.1. The molecule has 2 aromatic carbocycles. The number of amides is 4. The lowest BCUT2D eigenvalue weighted by Crippen LogP contribution is -2.75. The lowest BCUT2D eigenvalue weighted by Gasteiger charge is -2.47. The fourth-order valence-electron chi connectivity index (χ4n) is 3.80. The summed E-state index contributed by atoms with van der Waals surface area (Å²) in [5.74, 6) is -1.13. The van der Waals surface area contributed by atoms with Gasteiger partial charge in [-0.1, -0.05) is 29.8 Å². The number of fused-ring (bicyclic) bond motifs is 1. The number of anilines is 1. The summed E-state index contributed by atoms with van der Waals surface area (Å²) in [6.45, 7) is 2.87. The summed E-state index contributed by atoms with van der Waals surface area (Å²) in [6, 6.07) is 11.7. The molecule has 2 heterocycles. The van der Waals surface area contributed by atoms with Crippen molar-refractivity contribution in [2.45, 2.75) is 25.7 Å². The van der Waals surface area contributed by atoms with Crippen molar-refractivity contribution in [3.8, 4) is 0 Å². The van der Waals surface area contributed by atoms with Gasteiger partial charge in [0.2, 0.25) is 5.91 Å². The largest absolute Gasteiger partial charge is 0.328 e. The minimum atomic E-state index is -0.668. The normalized spacial score (nSPS) is 21.1. The second-order valence-electron chi connectivity index (χ2n) is 7.71. The number of urea groups is 1. The zero-order valence-electron chi connectivity index (χ0n) is 17.1. The summed E-state index contributed by atoms with van der Waals surface area (Å²) < 4.78 is 13.2. The Morgan fingerprint density at radius 3 is 2.45 bits per heavy atom. The van der Waals surface area contributed by atoms with Gasteiger partial charge in [-0.2, -0.15) is 0 Å². The van der Waals surface area contributed by atoms with Crippen molar-refractivity contribution in [1.82, 2.24) is 20.4 Å². The van der Waals surface area contributed by atoms with Crippen LogP contribution in [-0.2, 0) is 16.1 Å². The lowest BCUT2D eigenvalue weighted by molar-refractivity contribution is -0.139. The highest BCUT2D eigenvalue weighted by Gasteiger charge is 2.47. The molecule has 162 valence electrons. The molecule has 4 amide bonds. The van der Waals surface area contributed by atoms with Gasteiger partial charge >= 0.3 is 6.03 Å². The molecule has 31 heavy (non-hydrogen) atoms. The second-order valence-corrected chi connectivity index (χ2v) is 7.71. The minimum Gasteiger partial charge on any atom is -0.325 e. The zero-order valence-corrected chi connectivity index (χ0v) is 17.1. The van der Waals surface area contributed by atoms with Crippen molar-refractivity contribution in [2.75, 3.05) is 25.0 Å². The van der Waals surface area contributed by atoms with Gasteiger partial charge in [0.1, 0.15) is 24.6 Å². The van der Waals surface area contributed by atoms with Crippen LogP contribution < -0.4 is 16.0 Å². The van der Waals surface area contributed by atoms with Gasteiger partial charge in [-0.15, -0.1) is 0 Å². The number of aryl methyl sites for hydroxylation is 1. The van der Waals surface area contributed by atoms with E-state index in [9.17, 15) is 18.8 Å². The molecule has 0 aliphatic carbocycles. The molecule has 4 rings (SSSR count). The quantitative estimate of drug-likeness (QED) is 0.674. The molecule has 0 radical (unpaired) electrons. The van der Waals surface area contributed by atoms with Crippen LogP contribution in [0.25, 0.3) is 0 Å². The molecule has 2 unspecified atom stereocenters. The van der Waals surface area contributed by atoms with Crippen LogP contribution in [0.4, 0.5) is 14.9 Å². The highest BCUT2D eigenvalue weighted by Crippen LogP contribution is 2.21. The Hall–Kier alpha value is -3.30. The summed E-state index contributed by atoms with van der Waals surface area (Å²) in [7, 11) is 0. The summed E-state index contributed by atoms with van der Waals surface area (Å²) in [5, 5.41) is 9.09. The number of hydrogen-bond acceptors (Lipinski definition) is 5. The molecule has 2 atom stereocenters. The van der Waals surface area contributed by atoms with Gasteiger partial charge in [-0.05, 0) is 36.8 Å². The van der Waals surface area contributed by atoms with Crippen LogP contribution in [0, 0.1) is 12.7 Å². The van der Waals surface area contributed by atoms with Gasteiger partial charge in [-0.3, -0.25) is 24.7 Å². The van der Waals surface area contributed by atoms with Crippen molar-refractivity contribution < 1.29 is 18.8 Å². The van der Waals surface area contributed by atoms with E-state index in [4.69, 9.17) is 0 Å². The zero-order chi connectivity index (χ0) is 22.0. The Kier molecular flexibility index (Phi) is 5.97. The number of nitrogens with zero attached hydrogens (tertiary/aromatic N) is 2. The van der Waals surface area contributed by atoms with E-state index in [1.807, 2.05) is 19.1 Å². The van der Waals surface area contributed by atoms with Crippen molar-refractivity contribution in [3.05, 3.63) is 65.5 Å². The van der Waals surface area contributed by atoms with Gasteiger partial charge in [-0.25, -0.2) is 9.18 Å². The number of benzene rings is 2. The third kappa shape index (κ3) is 4.57. The van der Waals surface area contributed by atoms with Gasteiger partial charge in [0.05, 0.1) is 6.54 Å². The van der Waals surface area contributed by atoms with Crippen molar-refractivity contribution >= 4 is 23.5 Å². The molecule has 9 heteroatoms. The molecule has 2 aliphatic rings. The third-order valence-electron chi connectivity index (χ3n) is 5.41. The highest BCUT2D eigenvalue weighted by molar-refractivity contribution is 6.02. The van der Waals surface area contributed by atoms with Crippen LogP contribution in [0.3, 0.4) is 0 Å². The molecule has 0 spiro atoms. The molecule has 2 fully saturated rings.